The highest BCUT2D eigenvalue weighted by Gasteiger charge is 2.15. The first-order valence-electron chi connectivity index (χ1n) is 5.75. The van der Waals surface area contributed by atoms with Gasteiger partial charge >= 0.3 is 0 Å². The number of aliphatic hydroxyl groups excluding tert-OH is 1. The minimum atomic E-state index is -0.591. The van der Waals surface area contributed by atoms with Crippen molar-refractivity contribution in [3.05, 3.63) is 30.1 Å². The van der Waals surface area contributed by atoms with Gasteiger partial charge in [-0.2, -0.15) is 10.2 Å². The molecule has 0 spiro atoms. The van der Waals surface area contributed by atoms with E-state index >= 15 is 0 Å². The van der Waals surface area contributed by atoms with Gasteiger partial charge in [-0.1, -0.05) is 6.92 Å². The lowest BCUT2D eigenvalue weighted by atomic mass is 10.2. The lowest BCUT2D eigenvalue weighted by molar-refractivity contribution is 0.163. The summed E-state index contributed by atoms with van der Waals surface area (Å²) in [6, 6.07) is 1.84. The van der Waals surface area contributed by atoms with Crippen LogP contribution in [0.5, 0.6) is 0 Å². The predicted octanol–water partition coefficient (Wildman–Crippen LogP) is 0.698. The summed E-state index contributed by atoms with van der Waals surface area (Å²) in [5.41, 5.74) is 0.829. The summed E-state index contributed by atoms with van der Waals surface area (Å²) in [6.45, 7) is 2.90. The molecule has 0 radical (unpaired) electrons. The molecule has 92 valence electrons. The van der Waals surface area contributed by atoms with Crippen LogP contribution in [-0.4, -0.2) is 29.7 Å². The van der Waals surface area contributed by atoms with Gasteiger partial charge in [0, 0.05) is 26.2 Å². The van der Waals surface area contributed by atoms with Crippen LogP contribution >= 0.6 is 0 Å². The second kappa shape index (κ2) is 5.09. The molecule has 0 aliphatic heterocycles. The van der Waals surface area contributed by atoms with Gasteiger partial charge in [-0.15, -0.1) is 0 Å². The predicted molar refractivity (Wildman–Crippen MR) is 62.2 cm³/mol. The number of nitrogens with zero attached hydrogens (tertiary/aromatic N) is 5. The van der Waals surface area contributed by atoms with Crippen molar-refractivity contribution in [3.8, 4) is 0 Å². The van der Waals surface area contributed by atoms with Crippen LogP contribution in [0.25, 0.3) is 0 Å². The summed E-state index contributed by atoms with van der Waals surface area (Å²) in [5.74, 6) is 0.766. The van der Waals surface area contributed by atoms with E-state index in [0.29, 0.717) is 6.42 Å². The van der Waals surface area contributed by atoms with E-state index in [0.717, 1.165) is 24.5 Å². The van der Waals surface area contributed by atoms with Crippen molar-refractivity contribution in [1.82, 2.24) is 24.5 Å². The average Bonchev–Trinajstić information content (AvgIpc) is 2.89. The molecule has 0 amide bonds. The van der Waals surface area contributed by atoms with Gasteiger partial charge in [-0.05, 0) is 12.5 Å². The first-order chi connectivity index (χ1) is 8.22. The van der Waals surface area contributed by atoms with E-state index in [1.54, 1.807) is 10.9 Å². The van der Waals surface area contributed by atoms with Crippen LogP contribution in [0.2, 0.25) is 0 Å². The van der Waals surface area contributed by atoms with Gasteiger partial charge in [0.2, 0.25) is 0 Å². The van der Waals surface area contributed by atoms with Gasteiger partial charge in [-0.25, -0.2) is 4.98 Å². The fraction of sp³-hybridized carbons (Fsp3) is 0.545. The Bertz CT molecular complexity index is 476. The average molecular weight is 235 g/mol. The van der Waals surface area contributed by atoms with Crippen molar-refractivity contribution >= 4 is 0 Å². The Kier molecular flexibility index (Phi) is 3.53. The van der Waals surface area contributed by atoms with Crippen LogP contribution in [0.15, 0.2) is 18.6 Å². The van der Waals surface area contributed by atoms with E-state index in [-0.39, 0.29) is 0 Å². The fourth-order valence-electron chi connectivity index (χ4n) is 1.81. The van der Waals surface area contributed by atoms with Crippen LogP contribution in [0, 0.1) is 0 Å². The van der Waals surface area contributed by atoms with E-state index in [1.165, 1.54) is 6.33 Å². The molecule has 0 aliphatic carbocycles. The number of aromatic nitrogens is 5. The van der Waals surface area contributed by atoms with Crippen LogP contribution in [0.1, 0.15) is 31.0 Å². The lowest BCUT2D eigenvalue weighted by Gasteiger charge is -2.12. The molecule has 2 rings (SSSR count). The van der Waals surface area contributed by atoms with Crippen molar-refractivity contribution in [1.29, 1.82) is 0 Å². The van der Waals surface area contributed by atoms with Crippen LogP contribution < -0.4 is 0 Å². The first-order valence-corrected chi connectivity index (χ1v) is 5.75. The van der Waals surface area contributed by atoms with Crippen molar-refractivity contribution in [3.63, 3.8) is 0 Å². The lowest BCUT2D eigenvalue weighted by Crippen LogP contribution is -2.13. The molecule has 17 heavy (non-hydrogen) atoms. The third kappa shape index (κ3) is 2.52. The minimum Gasteiger partial charge on any atom is -0.386 e. The molecule has 6 heteroatoms. The Hall–Kier alpha value is -1.69. The largest absolute Gasteiger partial charge is 0.386 e. The highest BCUT2D eigenvalue weighted by atomic mass is 16.3. The molecule has 2 aromatic heterocycles. The number of aryl methyl sites for hydroxylation is 2. The number of rotatable bonds is 5. The van der Waals surface area contributed by atoms with E-state index in [2.05, 4.69) is 22.1 Å². The Labute approximate surface area is 99.9 Å². The zero-order chi connectivity index (χ0) is 12.3. The molecular weight excluding hydrogens is 218 g/mol. The molecule has 0 fully saturated rings. The van der Waals surface area contributed by atoms with E-state index in [9.17, 15) is 5.11 Å². The van der Waals surface area contributed by atoms with E-state index in [1.807, 2.05) is 17.8 Å². The molecule has 0 aromatic carbocycles. The molecule has 6 nitrogen and oxygen atoms in total. The summed E-state index contributed by atoms with van der Waals surface area (Å²) < 4.78 is 3.50. The van der Waals surface area contributed by atoms with Gasteiger partial charge in [0.15, 0.2) is 0 Å². The van der Waals surface area contributed by atoms with Crippen molar-refractivity contribution in [2.24, 2.45) is 7.05 Å². The van der Waals surface area contributed by atoms with E-state index < -0.39 is 6.10 Å². The molecule has 0 saturated carbocycles. The zero-order valence-corrected chi connectivity index (χ0v) is 10.1. The maximum absolute atomic E-state index is 10.2. The topological polar surface area (TPSA) is 68.8 Å². The summed E-state index contributed by atoms with van der Waals surface area (Å²) >= 11 is 0. The molecule has 1 N–H and O–H groups in total. The third-order valence-corrected chi connectivity index (χ3v) is 2.71. The standard InChI is InChI=1S/C11H17N5O/c1-3-6-16-9(4-5-13-16)10(17)7-11-12-8-14-15(11)2/h4-5,8,10,17H,3,6-7H2,1-2H3. The fourth-order valence-corrected chi connectivity index (χ4v) is 1.81. The molecule has 2 heterocycles. The molecule has 0 bridgehead atoms. The van der Waals surface area contributed by atoms with Crippen LogP contribution in [-0.2, 0) is 20.0 Å². The van der Waals surface area contributed by atoms with Gasteiger partial charge in [0.05, 0.1) is 5.69 Å². The Balaban J connectivity index is 2.11. The number of hydrogen-bond acceptors (Lipinski definition) is 4. The summed E-state index contributed by atoms with van der Waals surface area (Å²) in [4.78, 5) is 4.10. The van der Waals surface area contributed by atoms with Gasteiger partial charge < -0.3 is 5.11 Å². The highest BCUT2D eigenvalue weighted by molar-refractivity contribution is 5.07. The summed E-state index contributed by atoms with van der Waals surface area (Å²) in [6.07, 6.45) is 4.06. The molecule has 0 saturated heterocycles. The molecule has 2 aromatic rings. The van der Waals surface area contributed by atoms with Crippen molar-refractivity contribution < 1.29 is 5.11 Å². The van der Waals surface area contributed by atoms with Gasteiger partial charge in [-0.3, -0.25) is 9.36 Å². The number of aliphatic hydroxyl groups is 1. The van der Waals surface area contributed by atoms with Crippen LogP contribution in [0.3, 0.4) is 0 Å². The molecule has 1 unspecified atom stereocenters. The molecule has 0 aliphatic rings. The minimum absolute atomic E-state index is 0.450. The number of hydrogen-bond donors (Lipinski definition) is 1. The van der Waals surface area contributed by atoms with Crippen LogP contribution in [0.4, 0.5) is 0 Å². The van der Waals surface area contributed by atoms with Crippen molar-refractivity contribution in [2.75, 3.05) is 0 Å². The third-order valence-electron chi connectivity index (χ3n) is 2.71. The molecular formula is C11H17N5O. The smallest absolute Gasteiger partial charge is 0.138 e. The molecule has 1 atom stereocenters. The summed E-state index contributed by atoms with van der Waals surface area (Å²) in [5, 5.41) is 18.3. The second-order valence-electron chi connectivity index (χ2n) is 4.00. The Morgan fingerprint density at radius 2 is 2.24 bits per heavy atom. The van der Waals surface area contributed by atoms with Crippen molar-refractivity contribution in [2.45, 2.75) is 32.4 Å². The first kappa shape index (κ1) is 11.8. The summed E-state index contributed by atoms with van der Waals surface area (Å²) in [7, 11) is 1.82. The normalized spacial score (nSPS) is 12.9. The quantitative estimate of drug-likeness (QED) is 0.828. The zero-order valence-electron chi connectivity index (χ0n) is 10.1. The SMILES string of the molecule is CCCn1nccc1C(O)Cc1ncnn1C. The highest BCUT2D eigenvalue weighted by Crippen LogP contribution is 2.16. The van der Waals surface area contributed by atoms with Gasteiger partial charge in [0.25, 0.3) is 0 Å². The van der Waals surface area contributed by atoms with Gasteiger partial charge in [0.1, 0.15) is 18.3 Å². The maximum atomic E-state index is 10.2. The second-order valence-corrected chi connectivity index (χ2v) is 4.00. The Morgan fingerprint density at radius 3 is 2.88 bits per heavy atom. The van der Waals surface area contributed by atoms with E-state index in [4.69, 9.17) is 0 Å². The maximum Gasteiger partial charge on any atom is 0.138 e. The Morgan fingerprint density at radius 1 is 1.41 bits per heavy atom. The monoisotopic (exact) mass is 235 g/mol.